The Morgan fingerprint density at radius 1 is 1.16 bits per heavy atom. The lowest BCUT2D eigenvalue weighted by molar-refractivity contribution is 0.143. The van der Waals surface area contributed by atoms with Crippen LogP contribution in [-0.4, -0.2) is 22.3 Å². The van der Waals surface area contributed by atoms with E-state index < -0.39 is 0 Å². The van der Waals surface area contributed by atoms with Gasteiger partial charge in [0.2, 0.25) is 0 Å². The van der Waals surface area contributed by atoms with E-state index in [1.807, 2.05) is 28.8 Å². The number of hydrogen-bond donors (Lipinski definition) is 0. The molecule has 1 aliphatic heterocycles. The van der Waals surface area contributed by atoms with Crippen molar-refractivity contribution in [2.24, 2.45) is 0 Å². The fourth-order valence-corrected chi connectivity index (χ4v) is 2.90. The highest BCUT2D eigenvalue weighted by atomic mass is 16.6. The topological polar surface area (TPSA) is 53.4 Å². The maximum Gasteiger partial charge on any atom is 0.300 e. The predicted octanol–water partition coefficient (Wildman–Crippen LogP) is 3.06. The first-order chi connectivity index (χ1) is 12.2. The summed E-state index contributed by atoms with van der Waals surface area (Å²) in [6, 6.07) is 18.2. The van der Waals surface area contributed by atoms with Gasteiger partial charge in [-0.2, -0.15) is 4.98 Å². The highest BCUT2D eigenvalue weighted by Crippen LogP contribution is 2.24. The molecule has 0 saturated heterocycles. The second-order valence-corrected chi connectivity index (χ2v) is 6.15. The van der Waals surface area contributed by atoms with Crippen LogP contribution in [0, 0.1) is 6.92 Å². The molecule has 5 heteroatoms. The van der Waals surface area contributed by atoms with Crippen LogP contribution < -0.4 is 15.0 Å². The first kappa shape index (κ1) is 15.4. The molecule has 4 rings (SSSR count). The Kier molecular flexibility index (Phi) is 3.98. The van der Waals surface area contributed by atoms with Crippen LogP contribution in [0.4, 0.5) is 0 Å². The van der Waals surface area contributed by atoms with E-state index in [4.69, 9.17) is 9.47 Å². The van der Waals surface area contributed by atoms with Gasteiger partial charge in [0, 0.05) is 12.3 Å². The molecule has 0 N–H and O–H groups in total. The number of rotatable bonds is 4. The summed E-state index contributed by atoms with van der Waals surface area (Å²) in [7, 11) is 0. The summed E-state index contributed by atoms with van der Waals surface area (Å²) in [6.07, 6.45) is 1.55. The largest absolute Gasteiger partial charge is 0.490 e. The van der Waals surface area contributed by atoms with Crippen molar-refractivity contribution >= 4 is 0 Å². The molecule has 0 fully saturated rings. The van der Waals surface area contributed by atoms with Gasteiger partial charge in [-0.1, -0.05) is 42.0 Å². The molecule has 0 radical (unpaired) electrons. The Balaban J connectivity index is 1.39. The van der Waals surface area contributed by atoms with Crippen molar-refractivity contribution in [2.75, 3.05) is 6.61 Å². The molecule has 5 nitrogen and oxygen atoms in total. The number of ether oxygens (including phenoxy) is 2. The number of hydrogen-bond acceptors (Lipinski definition) is 4. The van der Waals surface area contributed by atoms with E-state index in [1.54, 1.807) is 6.20 Å². The van der Waals surface area contributed by atoms with Crippen LogP contribution in [0.5, 0.6) is 11.8 Å². The highest BCUT2D eigenvalue weighted by Gasteiger charge is 2.23. The molecule has 1 aliphatic rings. The minimum atomic E-state index is -0.292. The van der Waals surface area contributed by atoms with Gasteiger partial charge in [-0.15, -0.1) is 0 Å². The van der Waals surface area contributed by atoms with Crippen LogP contribution in [0.2, 0.25) is 0 Å². The number of nitrogens with zero attached hydrogens (tertiary/aromatic N) is 2. The van der Waals surface area contributed by atoms with Gasteiger partial charge in [0.05, 0.1) is 6.54 Å². The van der Waals surface area contributed by atoms with Crippen molar-refractivity contribution in [3.05, 3.63) is 76.7 Å². The molecular formula is C20H18N2O3. The standard InChI is InChI=1S/C20H18N2O3/c1-14-3-2-4-16(11-14)15-5-7-17(8-6-15)24-13-18-12-22-10-9-19(23)21-20(22)25-18/h2-11,18H,12-13H2,1H3. The SMILES string of the molecule is Cc1cccc(-c2ccc(OCC3Cn4ccc(=O)nc4O3)cc2)c1. The van der Waals surface area contributed by atoms with Crippen LogP contribution in [-0.2, 0) is 6.54 Å². The second kappa shape index (κ2) is 6.43. The minimum absolute atomic E-state index is 0.147. The molecule has 2 heterocycles. The number of benzene rings is 2. The zero-order chi connectivity index (χ0) is 17.2. The summed E-state index contributed by atoms with van der Waals surface area (Å²) in [5.74, 6) is 0.790. The maximum absolute atomic E-state index is 11.2. The second-order valence-electron chi connectivity index (χ2n) is 6.15. The molecule has 0 amide bonds. The van der Waals surface area contributed by atoms with E-state index in [9.17, 15) is 4.79 Å². The lowest BCUT2D eigenvalue weighted by atomic mass is 10.0. The van der Waals surface area contributed by atoms with Crippen LogP contribution in [0.15, 0.2) is 65.6 Å². The summed E-state index contributed by atoms with van der Waals surface area (Å²) >= 11 is 0. The van der Waals surface area contributed by atoms with Gasteiger partial charge in [0.25, 0.3) is 11.6 Å². The van der Waals surface area contributed by atoms with E-state index >= 15 is 0 Å². The average Bonchev–Trinajstić information content (AvgIpc) is 3.02. The lowest BCUT2D eigenvalue weighted by Gasteiger charge is -2.11. The van der Waals surface area contributed by atoms with Crippen molar-refractivity contribution in [1.29, 1.82) is 0 Å². The Morgan fingerprint density at radius 3 is 2.80 bits per heavy atom. The third-order valence-corrected chi connectivity index (χ3v) is 4.16. The van der Waals surface area contributed by atoms with Crippen LogP contribution in [0.1, 0.15) is 5.56 Å². The molecule has 0 aliphatic carbocycles. The third-order valence-electron chi connectivity index (χ3n) is 4.16. The first-order valence-corrected chi connectivity index (χ1v) is 8.21. The summed E-state index contributed by atoms with van der Waals surface area (Å²) < 4.78 is 13.3. The van der Waals surface area contributed by atoms with Crippen molar-refractivity contribution in [2.45, 2.75) is 19.6 Å². The molecule has 3 aromatic rings. The first-order valence-electron chi connectivity index (χ1n) is 8.21. The normalized spacial score (nSPS) is 15.5. The molecule has 2 aromatic carbocycles. The van der Waals surface area contributed by atoms with Gasteiger partial charge in [-0.25, -0.2) is 0 Å². The zero-order valence-corrected chi connectivity index (χ0v) is 13.9. The van der Waals surface area contributed by atoms with Crippen molar-refractivity contribution < 1.29 is 9.47 Å². The number of fused-ring (bicyclic) bond motifs is 1. The molecule has 1 aromatic heterocycles. The molecule has 25 heavy (non-hydrogen) atoms. The fraction of sp³-hybridized carbons (Fsp3) is 0.200. The highest BCUT2D eigenvalue weighted by molar-refractivity contribution is 5.64. The van der Waals surface area contributed by atoms with E-state index in [0.717, 1.165) is 11.3 Å². The van der Waals surface area contributed by atoms with E-state index in [2.05, 4.69) is 36.2 Å². The third kappa shape index (κ3) is 3.40. The average molecular weight is 334 g/mol. The van der Waals surface area contributed by atoms with Gasteiger partial charge in [0.15, 0.2) is 6.10 Å². The summed E-state index contributed by atoms with van der Waals surface area (Å²) in [5, 5.41) is 0. The van der Waals surface area contributed by atoms with Crippen molar-refractivity contribution in [3.63, 3.8) is 0 Å². The molecule has 126 valence electrons. The fourth-order valence-electron chi connectivity index (χ4n) is 2.90. The van der Waals surface area contributed by atoms with Crippen molar-refractivity contribution in [3.8, 4) is 22.9 Å². The molecule has 0 saturated carbocycles. The molecular weight excluding hydrogens is 316 g/mol. The van der Waals surface area contributed by atoms with Crippen LogP contribution in [0.25, 0.3) is 11.1 Å². The monoisotopic (exact) mass is 334 g/mol. The predicted molar refractivity (Wildman–Crippen MR) is 95.0 cm³/mol. The molecule has 1 atom stereocenters. The smallest absolute Gasteiger partial charge is 0.300 e. The summed E-state index contributed by atoms with van der Waals surface area (Å²) in [5.41, 5.74) is 3.29. The maximum atomic E-state index is 11.2. The van der Waals surface area contributed by atoms with Gasteiger partial charge in [-0.3, -0.25) is 9.36 Å². The number of aryl methyl sites for hydroxylation is 1. The van der Waals surface area contributed by atoms with Gasteiger partial charge in [-0.05, 0) is 30.2 Å². The Morgan fingerprint density at radius 2 is 2.00 bits per heavy atom. The Labute approximate surface area is 145 Å². The van der Waals surface area contributed by atoms with Crippen LogP contribution >= 0.6 is 0 Å². The van der Waals surface area contributed by atoms with E-state index in [1.165, 1.54) is 17.2 Å². The van der Waals surface area contributed by atoms with Crippen molar-refractivity contribution in [1.82, 2.24) is 9.55 Å². The molecule has 0 spiro atoms. The molecule has 0 bridgehead atoms. The summed E-state index contributed by atoms with van der Waals surface area (Å²) in [4.78, 5) is 15.1. The van der Waals surface area contributed by atoms with E-state index in [0.29, 0.717) is 19.2 Å². The number of aromatic nitrogens is 2. The van der Waals surface area contributed by atoms with Crippen LogP contribution in [0.3, 0.4) is 0 Å². The minimum Gasteiger partial charge on any atom is -0.490 e. The summed E-state index contributed by atoms with van der Waals surface area (Å²) in [6.45, 7) is 3.12. The lowest BCUT2D eigenvalue weighted by Crippen LogP contribution is -2.23. The van der Waals surface area contributed by atoms with Gasteiger partial charge in [0.1, 0.15) is 12.4 Å². The van der Waals surface area contributed by atoms with Gasteiger partial charge >= 0.3 is 0 Å². The Bertz CT molecular complexity index is 948. The quantitative estimate of drug-likeness (QED) is 0.736. The van der Waals surface area contributed by atoms with Gasteiger partial charge < -0.3 is 9.47 Å². The Hall–Kier alpha value is -3.08. The zero-order valence-electron chi connectivity index (χ0n) is 13.9. The molecule has 1 unspecified atom stereocenters. The van der Waals surface area contributed by atoms with E-state index in [-0.39, 0.29) is 11.7 Å².